The largest absolute Gasteiger partial charge is 0.398 e. The van der Waals surface area contributed by atoms with Crippen molar-refractivity contribution in [3.05, 3.63) is 22.7 Å². The van der Waals surface area contributed by atoms with Gasteiger partial charge >= 0.3 is 0 Å². The van der Waals surface area contributed by atoms with Crippen molar-refractivity contribution in [2.45, 2.75) is 30.4 Å². The molecule has 0 fully saturated rings. The molecule has 0 heterocycles. The van der Waals surface area contributed by atoms with Crippen molar-refractivity contribution < 1.29 is 8.42 Å². The van der Waals surface area contributed by atoms with E-state index in [4.69, 9.17) is 5.73 Å². The summed E-state index contributed by atoms with van der Waals surface area (Å²) in [5.74, 6) is 0.674. The number of hydrogen-bond donors (Lipinski definition) is 1. The van der Waals surface area contributed by atoms with E-state index >= 15 is 0 Å². The van der Waals surface area contributed by atoms with Crippen molar-refractivity contribution in [2.75, 3.05) is 17.2 Å². The third-order valence-corrected chi connectivity index (χ3v) is 6.95. The molecule has 3 nitrogen and oxygen atoms in total. The molecule has 0 aromatic heterocycles. The smallest absolute Gasteiger partial charge is 0.156 e. The second kappa shape index (κ2) is 5.84. The van der Waals surface area contributed by atoms with Gasteiger partial charge in [-0.15, -0.1) is 11.8 Å². The Hall–Kier alpha value is -0.200. The van der Waals surface area contributed by atoms with Crippen LogP contribution in [0.1, 0.15) is 20.8 Å². The summed E-state index contributed by atoms with van der Waals surface area (Å²) in [6, 6.07) is 5.58. The number of hydrogen-bond acceptors (Lipinski definition) is 4. The van der Waals surface area contributed by atoms with Gasteiger partial charge in [-0.3, -0.25) is 0 Å². The lowest BCUT2D eigenvalue weighted by molar-refractivity contribution is 0.562. The topological polar surface area (TPSA) is 60.2 Å². The average Bonchev–Trinajstić information content (AvgIpc) is 2.21. The van der Waals surface area contributed by atoms with Crippen LogP contribution in [0.4, 0.5) is 5.69 Å². The van der Waals surface area contributed by atoms with E-state index < -0.39 is 14.6 Å². The van der Waals surface area contributed by atoms with Gasteiger partial charge in [-0.25, -0.2) is 8.42 Å². The van der Waals surface area contributed by atoms with Crippen molar-refractivity contribution >= 4 is 43.2 Å². The molecule has 0 saturated carbocycles. The van der Waals surface area contributed by atoms with E-state index in [-0.39, 0.29) is 5.75 Å². The highest BCUT2D eigenvalue weighted by molar-refractivity contribution is 9.10. The van der Waals surface area contributed by atoms with Crippen LogP contribution >= 0.6 is 27.7 Å². The second-order valence-corrected chi connectivity index (χ2v) is 9.88. The minimum atomic E-state index is -3.06. The molecule has 0 aliphatic heterocycles. The fourth-order valence-electron chi connectivity index (χ4n) is 1.20. The molecule has 1 aromatic carbocycles. The van der Waals surface area contributed by atoms with E-state index in [2.05, 4.69) is 15.9 Å². The minimum Gasteiger partial charge on any atom is -0.398 e. The molecule has 0 aliphatic carbocycles. The summed E-state index contributed by atoms with van der Waals surface area (Å²) >= 11 is 4.84. The minimum absolute atomic E-state index is 0.160. The number of thioether (sulfide) groups is 1. The van der Waals surface area contributed by atoms with Crippen LogP contribution in [0.15, 0.2) is 27.6 Å². The van der Waals surface area contributed by atoms with Crippen LogP contribution in [0.5, 0.6) is 0 Å². The molecule has 1 aromatic rings. The highest BCUT2D eigenvalue weighted by Crippen LogP contribution is 2.29. The molecule has 0 atom stereocenters. The Labute approximate surface area is 122 Å². The van der Waals surface area contributed by atoms with Crippen LogP contribution in [0.25, 0.3) is 0 Å². The van der Waals surface area contributed by atoms with E-state index in [1.165, 1.54) is 11.8 Å². The Morgan fingerprint density at radius 3 is 2.50 bits per heavy atom. The summed E-state index contributed by atoms with van der Waals surface area (Å²) in [4.78, 5) is 0.911. The Bertz CT molecular complexity index is 521. The number of halogens is 1. The third-order valence-electron chi connectivity index (χ3n) is 2.52. The van der Waals surface area contributed by atoms with Gasteiger partial charge in [0.2, 0.25) is 0 Å². The van der Waals surface area contributed by atoms with Gasteiger partial charge in [-0.1, -0.05) is 15.9 Å². The van der Waals surface area contributed by atoms with Crippen molar-refractivity contribution in [3.63, 3.8) is 0 Å². The molecular weight excluding hydrogens is 334 g/mol. The zero-order chi connectivity index (χ0) is 14.0. The molecule has 0 aliphatic rings. The maximum atomic E-state index is 11.9. The van der Waals surface area contributed by atoms with Crippen LogP contribution in [0, 0.1) is 0 Å². The van der Waals surface area contributed by atoms with Gasteiger partial charge in [0.05, 0.1) is 10.5 Å². The summed E-state index contributed by atoms with van der Waals surface area (Å²) in [5.41, 5.74) is 6.51. The van der Waals surface area contributed by atoms with Gasteiger partial charge < -0.3 is 5.73 Å². The van der Waals surface area contributed by atoms with Crippen LogP contribution in [-0.4, -0.2) is 24.7 Å². The van der Waals surface area contributed by atoms with Gasteiger partial charge in [0.25, 0.3) is 0 Å². The Balaban J connectivity index is 2.65. The fourth-order valence-corrected chi connectivity index (χ4v) is 4.20. The van der Waals surface area contributed by atoms with E-state index in [0.29, 0.717) is 11.4 Å². The molecule has 102 valence electrons. The molecule has 0 saturated heterocycles. The zero-order valence-electron chi connectivity index (χ0n) is 10.7. The lowest BCUT2D eigenvalue weighted by Gasteiger charge is -2.18. The van der Waals surface area contributed by atoms with Crippen molar-refractivity contribution in [2.24, 2.45) is 0 Å². The third kappa shape index (κ3) is 4.17. The standard InChI is InChI=1S/C12H18BrNO2S2/c1-12(2,3)18(15,16)7-6-17-11-8-9(13)4-5-10(11)14/h4-5,8H,6-7,14H2,1-3H3. The lowest BCUT2D eigenvalue weighted by Crippen LogP contribution is -2.31. The first-order valence-electron chi connectivity index (χ1n) is 5.53. The summed E-state index contributed by atoms with van der Waals surface area (Å²) in [7, 11) is -3.06. The number of sulfone groups is 1. The first-order chi connectivity index (χ1) is 8.13. The quantitative estimate of drug-likeness (QED) is 0.667. The van der Waals surface area contributed by atoms with Crippen LogP contribution in [0.2, 0.25) is 0 Å². The highest BCUT2D eigenvalue weighted by atomic mass is 79.9. The van der Waals surface area contributed by atoms with Gasteiger partial charge in [-0.05, 0) is 39.0 Å². The second-order valence-electron chi connectivity index (χ2n) is 4.96. The van der Waals surface area contributed by atoms with E-state index in [0.717, 1.165) is 9.37 Å². The van der Waals surface area contributed by atoms with Gasteiger partial charge in [-0.2, -0.15) is 0 Å². The maximum Gasteiger partial charge on any atom is 0.156 e. The highest BCUT2D eigenvalue weighted by Gasteiger charge is 2.28. The van der Waals surface area contributed by atoms with Gasteiger partial charge in [0, 0.05) is 20.8 Å². The molecule has 0 unspecified atom stereocenters. The molecule has 1 rings (SSSR count). The molecular formula is C12H18BrNO2S2. The molecule has 0 spiro atoms. The molecule has 0 amide bonds. The Morgan fingerprint density at radius 2 is 1.94 bits per heavy atom. The summed E-state index contributed by atoms with van der Waals surface area (Å²) in [5, 5.41) is 0. The number of nitrogens with two attached hydrogens (primary N) is 1. The number of nitrogen functional groups attached to an aromatic ring is 1. The molecule has 18 heavy (non-hydrogen) atoms. The Morgan fingerprint density at radius 1 is 1.33 bits per heavy atom. The van der Waals surface area contributed by atoms with Crippen LogP contribution in [-0.2, 0) is 9.84 Å². The summed E-state index contributed by atoms with van der Waals surface area (Å²) < 4.78 is 24.1. The van der Waals surface area contributed by atoms with Crippen LogP contribution < -0.4 is 5.73 Å². The molecule has 2 N–H and O–H groups in total. The monoisotopic (exact) mass is 351 g/mol. The van der Waals surface area contributed by atoms with E-state index in [1.807, 2.05) is 18.2 Å². The van der Waals surface area contributed by atoms with E-state index in [1.54, 1.807) is 20.8 Å². The van der Waals surface area contributed by atoms with Crippen molar-refractivity contribution in [3.8, 4) is 0 Å². The Kier molecular flexibility index (Phi) is 5.14. The maximum absolute atomic E-state index is 11.9. The first kappa shape index (κ1) is 15.9. The number of benzene rings is 1. The summed E-state index contributed by atoms with van der Waals surface area (Å²) in [6.07, 6.45) is 0. The van der Waals surface area contributed by atoms with Crippen molar-refractivity contribution in [1.29, 1.82) is 0 Å². The average molecular weight is 352 g/mol. The molecule has 0 bridgehead atoms. The predicted octanol–water partition coefficient (Wildman–Crippen LogP) is 3.34. The normalized spacial score (nSPS) is 12.7. The van der Waals surface area contributed by atoms with Crippen LogP contribution in [0.3, 0.4) is 0 Å². The van der Waals surface area contributed by atoms with E-state index in [9.17, 15) is 8.42 Å². The van der Waals surface area contributed by atoms with Gasteiger partial charge in [0.1, 0.15) is 0 Å². The first-order valence-corrected chi connectivity index (χ1v) is 8.97. The predicted molar refractivity (Wildman–Crippen MR) is 82.8 cm³/mol. The lowest BCUT2D eigenvalue weighted by atomic mass is 10.3. The molecule has 0 radical (unpaired) electrons. The molecule has 6 heteroatoms. The SMILES string of the molecule is CC(C)(C)S(=O)(=O)CCSc1cc(Br)ccc1N. The number of rotatable bonds is 4. The number of anilines is 1. The summed E-state index contributed by atoms with van der Waals surface area (Å²) in [6.45, 7) is 5.17. The fraction of sp³-hybridized carbons (Fsp3) is 0.500. The zero-order valence-corrected chi connectivity index (χ0v) is 14.0. The van der Waals surface area contributed by atoms with Crippen molar-refractivity contribution in [1.82, 2.24) is 0 Å². The van der Waals surface area contributed by atoms with Gasteiger partial charge in [0.15, 0.2) is 9.84 Å².